The first-order valence-electron chi connectivity index (χ1n) is 7.32. The molecule has 1 unspecified atom stereocenters. The molecule has 0 aromatic heterocycles. The summed E-state index contributed by atoms with van der Waals surface area (Å²) in [6.07, 6.45) is 1.05. The van der Waals surface area contributed by atoms with Crippen LogP contribution in [0.15, 0.2) is 54.6 Å². The maximum absolute atomic E-state index is 5.28. The first-order valence-corrected chi connectivity index (χ1v) is 7.32. The molecule has 2 aromatic carbocycles. The van der Waals surface area contributed by atoms with Gasteiger partial charge in [-0.25, -0.2) is 0 Å². The third-order valence-corrected chi connectivity index (χ3v) is 3.80. The summed E-state index contributed by atoms with van der Waals surface area (Å²) in [5, 5.41) is 3.40. The predicted molar refractivity (Wildman–Crippen MR) is 89.1 cm³/mol. The van der Waals surface area contributed by atoms with Crippen molar-refractivity contribution in [3.05, 3.63) is 60.2 Å². The lowest BCUT2D eigenvalue weighted by atomic mass is 10.0. The molecule has 1 N–H and O–H groups in total. The minimum Gasteiger partial charge on any atom is -0.497 e. The number of nitrogens with one attached hydrogen (secondary N) is 1. The van der Waals surface area contributed by atoms with Gasteiger partial charge in [-0.2, -0.15) is 0 Å². The van der Waals surface area contributed by atoms with Gasteiger partial charge in [0.15, 0.2) is 0 Å². The summed E-state index contributed by atoms with van der Waals surface area (Å²) in [5.41, 5.74) is 2.51. The number of hydrogen-bond acceptors (Lipinski definition) is 3. The van der Waals surface area contributed by atoms with Gasteiger partial charge in [0.25, 0.3) is 0 Å². The molecule has 0 heterocycles. The molecule has 0 saturated heterocycles. The number of methoxy groups -OCH3 is 1. The minimum absolute atomic E-state index is 0.374. The molecule has 2 rings (SSSR count). The molecule has 3 nitrogen and oxygen atoms in total. The fourth-order valence-electron chi connectivity index (χ4n) is 2.46. The minimum atomic E-state index is 0.374. The smallest absolute Gasteiger partial charge is 0.120 e. The van der Waals surface area contributed by atoms with Crippen LogP contribution in [0.4, 0.5) is 5.69 Å². The molecule has 21 heavy (non-hydrogen) atoms. The molecule has 3 heteroatoms. The van der Waals surface area contributed by atoms with Crippen molar-refractivity contribution in [2.45, 2.75) is 12.5 Å². The van der Waals surface area contributed by atoms with Crippen LogP contribution in [-0.2, 0) is 0 Å². The highest BCUT2D eigenvalue weighted by molar-refractivity contribution is 5.50. The Kier molecular flexibility index (Phi) is 5.64. The highest BCUT2D eigenvalue weighted by Gasteiger charge is 2.10. The number of ether oxygens (including phenoxy) is 1. The van der Waals surface area contributed by atoms with E-state index in [0.717, 1.165) is 18.7 Å². The maximum Gasteiger partial charge on any atom is 0.120 e. The monoisotopic (exact) mass is 284 g/mol. The molecule has 0 bridgehead atoms. The van der Waals surface area contributed by atoms with Gasteiger partial charge in [0.1, 0.15) is 5.75 Å². The van der Waals surface area contributed by atoms with Crippen molar-refractivity contribution in [1.82, 2.24) is 5.32 Å². The molecular formula is C18H24N2O. The molecule has 0 saturated carbocycles. The van der Waals surface area contributed by atoms with Crippen LogP contribution < -0.4 is 15.0 Å². The third-order valence-electron chi connectivity index (χ3n) is 3.80. The van der Waals surface area contributed by atoms with Gasteiger partial charge in [0.05, 0.1) is 7.11 Å². The van der Waals surface area contributed by atoms with E-state index in [1.807, 2.05) is 19.2 Å². The van der Waals surface area contributed by atoms with E-state index < -0.39 is 0 Å². The van der Waals surface area contributed by atoms with Crippen LogP contribution in [0.2, 0.25) is 0 Å². The van der Waals surface area contributed by atoms with Gasteiger partial charge in [-0.05, 0) is 31.2 Å². The molecular weight excluding hydrogens is 260 g/mol. The second kappa shape index (κ2) is 7.70. The van der Waals surface area contributed by atoms with Gasteiger partial charge >= 0.3 is 0 Å². The fourth-order valence-corrected chi connectivity index (χ4v) is 2.46. The summed E-state index contributed by atoms with van der Waals surface area (Å²) in [7, 11) is 5.83. The van der Waals surface area contributed by atoms with E-state index in [1.165, 1.54) is 11.3 Å². The van der Waals surface area contributed by atoms with E-state index in [2.05, 4.69) is 59.7 Å². The molecule has 112 valence electrons. The quantitative estimate of drug-likeness (QED) is 0.842. The summed E-state index contributed by atoms with van der Waals surface area (Å²) in [6.45, 7) is 0.980. The molecule has 1 atom stereocenters. The van der Waals surface area contributed by atoms with Crippen molar-refractivity contribution in [1.29, 1.82) is 0 Å². The molecule has 0 fully saturated rings. The second-order valence-corrected chi connectivity index (χ2v) is 5.16. The zero-order valence-corrected chi connectivity index (χ0v) is 13.0. The summed E-state index contributed by atoms with van der Waals surface area (Å²) in [5.74, 6) is 0.896. The second-order valence-electron chi connectivity index (χ2n) is 5.16. The lowest BCUT2D eigenvalue weighted by molar-refractivity contribution is 0.415. The Morgan fingerprint density at radius 2 is 1.86 bits per heavy atom. The number of rotatable bonds is 7. The van der Waals surface area contributed by atoms with Crippen molar-refractivity contribution in [3.63, 3.8) is 0 Å². The van der Waals surface area contributed by atoms with Crippen molar-refractivity contribution in [3.8, 4) is 5.75 Å². The Bertz CT molecular complexity index is 542. The lowest BCUT2D eigenvalue weighted by Crippen LogP contribution is -2.25. The van der Waals surface area contributed by atoms with Crippen LogP contribution in [0.1, 0.15) is 18.0 Å². The molecule has 0 aliphatic heterocycles. The van der Waals surface area contributed by atoms with Crippen molar-refractivity contribution < 1.29 is 4.74 Å². The molecule has 0 radical (unpaired) electrons. The molecule has 0 spiro atoms. The Morgan fingerprint density at radius 3 is 2.52 bits per heavy atom. The Balaban J connectivity index is 1.97. The van der Waals surface area contributed by atoms with Gasteiger partial charge < -0.3 is 15.0 Å². The van der Waals surface area contributed by atoms with Crippen molar-refractivity contribution in [2.24, 2.45) is 0 Å². The van der Waals surface area contributed by atoms with Crippen LogP contribution in [0, 0.1) is 0 Å². The van der Waals surface area contributed by atoms with Crippen LogP contribution >= 0.6 is 0 Å². The third kappa shape index (κ3) is 4.23. The average molecular weight is 284 g/mol. The molecule has 2 aromatic rings. The lowest BCUT2D eigenvalue weighted by Gasteiger charge is -2.23. The first-order chi connectivity index (χ1) is 10.2. The first kappa shape index (κ1) is 15.4. The van der Waals surface area contributed by atoms with Gasteiger partial charge in [-0.3, -0.25) is 0 Å². The maximum atomic E-state index is 5.28. The van der Waals surface area contributed by atoms with Crippen LogP contribution in [0.5, 0.6) is 5.75 Å². The Morgan fingerprint density at radius 1 is 1.10 bits per heavy atom. The summed E-state index contributed by atoms with van der Waals surface area (Å²) in [4.78, 5) is 2.26. The van der Waals surface area contributed by atoms with E-state index in [9.17, 15) is 0 Å². The summed E-state index contributed by atoms with van der Waals surface area (Å²) >= 11 is 0. The molecule has 0 aliphatic carbocycles. The van der Waals surface area contributed by atoms with Gasteiger partial charge in [-0.1, -0.05) is 36.4 Å². The summed E-state index contributed by atoms with van der Waals surface area (Å²) < 4.78 is 5.28. The van der Waals surface area contributed by atoms with Crippen molar-refractivity contribution >= 4 is 5.69 Å². The van der Waals surface area contributed by atoms with E-state index in [0.29, 0.717) is 6.04 Å². The van der Waals surface area contributed by atoms with Gasteiger partial charge in [0, 0.05) is 31.4 Å². The van der Waals surface area contributed by atoms with Gasteiger partial charge in [-0.15, -0.1) is 0 Å². The number of nitrogens with zero attached hydrogens (tertiary/aromatic N) is 1. The van der Waals surface area contributed by atoms with Crippen LogP contribution in [-0.4, -0.2) is 27.7 Å². The predicted octanol–water partition coefficient (Wildman–Crippen LogP) is 3.48. The van der Waals surface area contributed by atoms with Gasteiger partial charge in [0.2, 0.25) is 0 Å². The fraction of sp³-hybridized carbons (Fsp3) is 0.333. The number of benzene rings is 2. The Labute approximate surface area is 127 Å². The average Bonchev–Trinajstić information content (AvgIpc) is 2.56. The normalized spacial score (nSPS) is 12.0. The topological polar surface area (TPSA) is 24.5 Å². The Hall–Kier alpha value is -2.00. The van der Waals surface area contributed by atoms with E-state index in [1.54, 1.807) is 7.11 Å². The standard InChI is InChI=1S/C18H24N2O/c1-19-18(15-8-5-4-6-9-15)12-13-20(2)16-10-7-11-17(14-16)21-3/h4-11,14,18-19H,12-13H2,1-3H3. The molecule has 0 amide bonds. The highest BCUT2D eigenvalue weighted by atomic mass is 16.5. The van der Waals surface area contributed by atoms with Crippen molar-refractivity contribution in [2.75, 3.05) is 32.6 Å². The van der Waals surface area contributed by atoms with E-state index in [-0.39, 0.29) is 0 Å². The molecule has 0 aliphatic rings. The van der Waals surface area contributed by atoms with Crippen LogP contribution in [0.25, 0.3) is 0 Å². The van der Waals surface area contributed by atoms with Crippen LogP contribution in [0.3, 0.4) is 0 Å². The van der Waals surface area contributed by atoms with E-state index >= 15 is 0 Å². The zero-order chi connectivity index (χ0) is 15.1. The van der Waals surface area contributed by atoms with E-state index in [4.69, 9.17) is 4.74 Å². The zero-order valence-electron chi connectivity index (χ0n) is 13.0. The largest absolute Gasteiger partial charge is 0.497 e. The number of hydrogen-bond donors (Lipinski definition) is 1. The highest BCUT2D eigenvalue weighted by Crippen LogP contribution is 2.22. The SMILES string of the molecule is CNC(CCN(C)c1cccc(OC)c1)c1ccccc1. The number of anilines is 1. The summed E-state index contributed by atoms with van der Waals surface area (Å²) in [6, 6.07) is 19.1.